The molecule has 0 aromatic carbocycles. The highest BCUT2D eigenvalue weighted by molar-refractivity contribution is 5.69. The molecular formula is C25H50O13. The van der Waals surface area contributed by atoms with Crippen molar-refractivity contribution in [3.05, 3.63) is 0 Å². The standard InChI is InChI=1S/C25H50O13/c1-27-5-6-30-9-10-32-13-14-34-17-18-36-21-22-38-24-23-37-20-19-35-16-15-33-12-11-31-8-7-29-4-3-25(26)28-2/h3-24H2,1-2H3. The molecule has 0 saturated carbocycles. The van der Waals surface area contributed by atoms with E-state index in [2.05, 4.69) is 4.74 Å². The van der Waals surface area contributed by atoms with Crippen LogP contribution in [0.2, 0.25) is 0 Å². The molecule has 228 valence electrons. The minimum atomic E-state index is -0.284. The Labute approximate surface area is 227 Å². The number of methoxy groups -OCH3 is 2. The van der Waals surface area contributed by atoms with Gasteiger partial charge in [-0.2, -0.15) is 0 Å². The second-order valence-corrected chi connectivity index (χ2v) is 7.44. The first kappa shape index (κ1) is 37.0. The summed E-state index contributed by atoms with van der Waals surface area (Å²) in [6.07, 6.45) is 0.247. The fraction of sp³-hybridized carbons (Fsp3) is 0.960. The van der Waals surface area contributed by atoms with Gasteiger partial charge in [0, 0.05) is 7.11 Å². The molecule has 0 N–H and O–H groups in total. The van der Waals surface area contributed by atoms with Gasteiger partial charge in [0.25, 0.3) is 0 Å². The van der Waals surface area contributed by atoms with Crippen LogP contribution in [0.15, 0.2) is 0 Å². The van der Waals surface area contributed by atoms with Crippen molar-refractivity contribution in [2.45, 2.75) is 6.42 Å². The smallest absolute Gasteiger partial charge is 0.307 e. The minimum Gasteiger partial charge on any atom is -0.469 e. The Balaban J connectivity index is 3.03. The fourth-order valence-electron chi connectivity index (χ4n) is 2.48. The summed E-state index contributed by atoms with van der Waals surface area (Å²) in [6, 6.07) is 0. The van der Waals surface area contributed by atoms with E-state index in [9.17, 15) is 4.79 Å². The van der Waals surface area contributed by atoms with Crippen molar-refractivity contribution in [2.24, 2.45) is 0 Å². The lowest BCUT2D eigenvalue weighted by molar-refractivity contribution is -0.141. The van der Waals surface area contributed by atoms with Crippen LogP contribution in [0.25, 0.3) is 0 Å². The average Bonchev–Trinajstić information content (AvgIpc) is 2.93. The Kier molecular flexibility index (Phi) is 33.2. The first-order valence-electron chi connectivity index (χ1n) is 13.1. The molecule has 0 rings (SSSR count). The van der Waals surface area contributed by atoms with E-state index < -0.39 is 0 Å². The highest BCUT2D eigenvalue weighted by Crippen LogP contribution is 1.88. The molecule has 0 radical (unpaired) electrons. The van der Waals surface area contributed by atoms with E-state index in [1.165, 1.54) is 7.11 Å². The summed E-state index contributed by atoms with van der Waals surface area (Å²) >= 11 is 0. The van der Waals surface area contributed by atoms with Crippen LogP contribution in [0.5, 0.6) is 0 Å². The number of carbonyl (C=O) groups excluding carboxylic acids is 1. The summed E-state index contributed by atoms with van der Waals surface area (Å²) in [5.41, 5.74) is 0. The second kappa shape index (κ2) is 34.1. The molecule has 0 unspecified atom stereocenters. The molecule has 0 amide bonds. The largest absolute Gasteiger partial charge is 0.469 e. The van der Waals surface area contributed by atoms with Crippen LogP contribution in [-0.2, 0) is 61.6 Å². The average molecular weight is 559 g/mol. The molecule has 0 spiro atoms. The van der Waals surface area contributed by atoms with Gasteiger partial charge in [-0.15, -0.1) is 0 Å². The Bertz CT molecular complexity index is 457. The maximum absolute atomic E-state index is 10.9. The lowest BCUT2D eigenvalue weighted by Gasteiger charge is -2.09. The van der Waals surface area contributed by atoms with Gasteiger partial charge >= 0.3 is 5.97 Å². The summed E-state index contributed by atoms with van der Waals surface area (Å²) in [6.45, 7) is 10.6. The van der Waals surface area contributed by atoms with Gasteiger partial charge in [0.2, 0.25) is 0 Å². The van der Waals surface area contributed by atoms with Crippen molar-refractivity contribution in [1.82, 2.24) is 0 Å². The topological polar surface area (TPSA) is 128 Å². The molecule has 0 fully saturated rings. The third-order valence-electron chi connectivity index (χ3n) is 4.46. The molecule has 0 bridgehead atoms. The minimum absolute atomic E-state index is 0.247. The molecule has 0 aliphatic heterocycles. The highest BCUT2D eigenvalue weighted by atomic mass is 16.6. The van der Waals surface area contributed by atoms with E-state index in [1.54, 1.807) is 7.11 Å². The zero-order chi connectivity index (χ0) is 27.6. The molecule has 0 aromatic rings. The lowest BCUT2D eigenvalue weighted by Crippen LogP contribution is -2.15. The molecule has 13 heteroatoms. The highest BCUT2D eigenvalue weighted by Gasteiger charge is 1.99. The first-order chi connectivity index (χ1) is 18.8. The Morgan fingerprint density at radius 2 is 0.553 bits per heavy atom. The van der Waals surface area contributed by atoms with Crippen molar-refractivity contribution < 1.29 is 61.6 Å². The summed E-state index contributed by atoms with van der Waals surface area (Å²) in [5, 5.41) is 0. The van der Waals surface area contributed by atoms with Crippen molar-refractivity contribution in [2.75, 3.05) is 153 Å². The van der Waals surface area contributed by atoms with Gasteiger partial charge in [0.1, 0.15) is 0 Å². The van der Waals surface area contributed by atoms with Crippen LogP contribution < -0.4 is 0 Å². The van der Waals surface area contributed by atoms with E-state index in [0.29, 0.717) is 139 Å². The summed E-state index contributed by atoms with van der Waals surface area (Å²) in [4.78, 5) is 10.9. The SMILES string of the molecule is COCCOCCOCCOCCOCCOCCOCCOCCOCCOCCOCCC(=O)OC. The number of hydrogen-bond acceptors (Lipinski definition) is 13. The molecule has 0 aliphatic rings. The van der Waals surface area contributed by atoms with Gasteiger partial charge in [-0.25, -0.2) is 0 Å². The monoisotopic (exact) mass is 558 g/mol. The van der Waals surface area contributed by atoms with Gasteiger partial charge in [-0.05, 0) is 0 Å². The van der Waals surface area contributed by atoms with E-state index >= 15 is 0 Å². The van der Waals surface area contributed by atoms with Crippen LogP contribution >= 0.6 is 0 Å². The predicted octanol–water partition coefficient (Wildman–Crippen LogP) is 0.362. The molecule has 0 atom stereocenters. The third kappa shape index (κ3) is 33.1. The van der Waals surface area contributed by atoms with Crippen LogP contribution in [0.3, 0.4) is 0 Å². The van der Waals surface area contributed by atoms with Crippen LogP contribution in [0.1, 0.15) is 6.42 Å². The van der Waals surface area contributed by atoms with Crippen molar-refractivity contribution >= 4 is 5.97 Å². The summed E-state index contributed by atoms with van der Waals surface area (Å²) in [5.74, 6) is -0.284. The number of carbonyl (C=O) groups is 1. The number of ether oxygens (including phenoxy) is 12. The third-order valence-corrected chi connectivity index (χ3v) is 4.46. The van der Waals surface area contributed by atoms with Crippen LogP contribution in [-0.4, -0.2) is 159 Å². The predicted molar refractivity (Wildman–Crippen MR) is 137 cm³/mol. The quantitative estimate of drug-likeness (QED) is 0.0813. The first-order valence-corrected chi connectivity index (χ1v) is 13.1. The molecular weight excluding hydrogens is 508 g/mol. The van der Waals surface area contributed by atoms with E-state index in [0.717, 1.165) is 0 Å². The maximum Gasteiger partial charge on any atom is 0.307 e. The molecule has 0 aliphatic carbocycles. The normalized spacial score (nSPS) is 11.3. The fourth-order valence-corrected chi connectivity index (χ4v) is 2.48. The van der Waals surface area contributed by atoms with Crippen molar-refractivity contribution in [1.29, 1.82) is 0 Å². The zero-order valence-electron chi connectivity index (χ0n) is 23.4. The van der Waals surface area contributed by atoms with E-state index in [1.807, 2.05) is 0 Å². The molecule has 13 nitrogen and oxygen atoms in total. The van der Waals surface area contributed by atoms with Gasteiger partial charge < -0.3 is 56.8 Å². The number of esters is 1. The Hall–Kier alpha value is -0.970. The summed E-state index contributed by atoms with van der Waals surface area (Å²) < 4.78 is 63.3. The van der Waals surface area contributed by atoms with Gasteiger partial charge in [-0.3, -0.25) is 4.79 Å². The molecule has 0 saturated heterocycles. The maximum atomic E-state index is 10.9. The zero-order valence-corrected chi connectivity index (χ0v) is 23.4. The Morgan fingerprint density at radius 1 is 0.342 bits per heavy atom. The van der Waals surface area contributed by atoms with Gasteiger partial charge in [0.15, 0.2) is 0 Å². The van der Waals surface area contributed by atoms with Crippen molar-refractivity contribution in [3.63, 3.8) is 0 Å². The molecule has 38 heavy (non-hydrogen) atoms. The van der Waals surface area contributed by atoms with Crippen molar-refractivity contribution in [3.8, 4) is 0 Å². The number of rotatable bonds is 33. The molecule has 0 heterocycles. The van der Waals surface area contributed by atoms with E-state index in [4.69, 9.17) is 52.1 Å². The van der Waals surface area contributed by atoms with E-state index in [-0.39, 0.29) is 12.4 Å². The molecule has 0 aromatic heterocycles. The lowest BCUT2D eigenvalue weighted by atomic mass is 10.5. The van der Waals surface area contributed by atoms with Gasteiger partial charge in [0.05, 0.1) is 152 Å². The number of hydrogen-bond donors (Lipinski definition) is 0. The summed E-state index contributed by atoms with van der Waals surface area (Å²) in [7, 11) is 2.99. The van der Waals surface area contributed by atoms with Crippen LogP contribution in [0, 0.1) is 0 Å². The van der Waals surface area contributed by atoms with Gasteiger partial charge in [-0.1, -0.05) is 0 Å². The van der Waals surface area contributed by atoms with Crippen LogP contribution in [0.4, 0.5) is 0 Å². The second-order valence-electron chi connectivity index (χ2n) is 7.44. The Morgan fingerprint density at radius 3 is 0.763 bits per heavy atom.